The molecule has 84 valence electrons. The topological polar surface area (TPSA) is 20.3 Å². The first-order valence-electron chi connectivity index (χ1n) is 5.49. The van der Waals surface area contributed by atoms with Gasteiger partial charge in [0.15, 0.2) is 0 Å². The molecule has 0 radical (unpaired) electrons. The molecule has 0 N–H and O–H groups in total. The third-order valence-corrected chi connectivity index (χ3v) is 2.85. The molecule has 0 aliphatic carbocycles. The Morgan fingerprint density at radius 1 is 1.29 bits per heavy atom. The van der Waals surface area contributed by atoms with Gasteiger partial charge in [0.2, 0.25) is 5.91 Å². The smallest absolute Gasteiger partial charge is 0.240 e. The molecule has 1 amide bonds. The van der Waals surface area contributed by atoms with Crippen LogP contribution in [0.5, 0.6) is 0 Å². The zero-order valence-electron chi connectivity index (χ0n) is 9.72. The molecule has 0 aromatic carbocycles. The van der Waals surface area contributed by atoms with Crippen molar-refractivity contribution in [3.63, 3.8) is 0 Å². The van der Waals surface area contributed by atoms with Crippen LogP contribution in [0, 0.1) is 5.92 Å². The maximum absolute atomic E-state index is 11.6. The largest absolute Gasteiger partial charge is 0.341 e. The highest BCUT2D eigenvalue weighted by Crippen LogP contribution is 2.11. The van der Waals surface area contributed by atoms with E-state index in [0.29, 0.717) is 5.92 Å². The van der Waals surface area contributed by atoms with Crippen LogP contribution in [-0.4, -0.2) is 29.3 Å². The molecular weight excluding hydrogens is 198 g/mol. The molecule has 3 heteroatoms. The van der Waals surface area contributed by atoms with Crippen molar-refractivity contribution in [3.05, 3.63) is 0 Å². The lowest BCUT2D eigenvalue weighted by atomic mass is 10.0. The summed E-state index contributed by atoms with van der Waals surface area (Å²) in [5, 5.41) is -0.399. The zero-order valence-corrected chi connectivity index (χ0v) is 10.5. The van der Waals surface area contributed by atoms with Crippen LogP contribution in [0.3, 0.4) is 0 Å². The Morgan fingerprint density at radius 3 is 2.07 bits per heavy atom. The van der Waals surface area contributed by atoms with Crippen LogP contribution in [0.2, 0.25) is 0 Å². The minimum atomic E-state index is -0.399. The Hall–Kier alpha value is -0.240. The molecule has 2 nitrogen and oxygen atoms in total. The highest BCUT2D eigenvalue weighted by Gasteiger charge is 2.19. The monoisotopic (exact) mass is 219 g/mol. The van der Waals surface area contributed by atoms with Gasteiger partial charge in [-0.1, -0.05) is 26.7 Å². The summed E-state index contributed by atoms with van der Waals surface area (Å²) in [6, 6.07) is 0. The normalized spacial score (nSPS) is 13.0. The van der Waals surface area contributed by atoms with Gasteiger partial charge in [0.25, 0.3) is 0 Å². The average Bonchev–Trinajstić information content (AvgIpc) is 2.19. The van der Waals surface area contributed by atoms with Crippen molar-refractivity contribution < 1.29 is 4.79 Å². The van der Waals surface area contributed by atoms with Crippen molar-refractivity contribution in [2.24, 2.45) is 5.92 Å². The lowest BCUT2D eigenvalue weighted by molar-refractivity contribution is -0.131. The minimum absolute atomic E-state index is 0.0565. The molecule has 0 saturated carbocycles. The van der Waals surface area contributed by atoms with Gasteiger partial charge in [0, 0.05) is 13.1 Å². The number of hydrogen-bond acceptors (Lipinski definition) is 1. The summed E-state index contributed by atoms with van der Waals surface area (Å²) in [4.78, 5) is 13.5. The van der Waals surface area contributed by atoms with E-state index < -0.39 is 5.38 Å². The second kappa shape index (κ2) is 7.10. The second-order valence-corrected chi connectivity index (χ2v) is 4.33. The predicted molar refractivity (Wildman–Crippen MR) is 61.6 cm³/mol. The van der Waals surface area contributed by atoms with Gasteiger partial charge < -0.3 is 4.90 Å². The summed E-state index contributed by atoms with van der Waals surface area (Å²) in [7, 11) is 0. The number of carbonyl (C=O) groups excluding carboxylic acids is 1. The maximum Gasteiger partial charge on any atom is 0.240 e. The van der Waals surface area contributed by atoms with Gasteiger partial charge in [-0.3, -0.25) is 4.79 Å². The molecule has 0 spiro atoms. The lowest BCUT2D eigenvalue weighted by Crippen LogP contribution is -2.38. The van der Waals surface area contributed by atoms with E-state index in [1.807, 2.05) is 11.8 Å². The molecule has 0 aliphatic heterocycles. The third-order valence-electron chi connectivity index (χ3n) is 2.67. The number of alkyl halides is 1. The zero-order chi connectivity index (χ0) is 11.1. The van der Waals surface area contributed by atoms with Crippen LogP contribution in [-0.2, 0) is 4.79 Å². The highest BCUT2D eigenvalue weighted by atomic mass is 35.5. The van der Waals surface area contributed by atoms with Crippen LogP contribution >= 0.6 is 11.6 Å². The number of nitrogens with zero attached hydrogens (tertiary/aromatic N) is 1. The molecule has 14 heavy (non-hydrogen) atoms. The molecule has 1 unspecified atom stereocenters. The van der Waals surface area contributed by atoms with E-state index in [0.717, 1.165) is 25.9 Å². The number of amides is 1. The quantitative estimate of drug-likeness (QED) is 0.630. The van der Waals surface area contributed by atoms with E-state index in [1.165, 1.54) is 0 Å². The minimum Gasteiger partial charge on any atom is -0.341 e. The first-order valence-corrected chi connectivity index (χ1v) is 5.93. The van der Waals surface area contributed by atoms with Crippen LogP contribution in [0.15, 0.2) is 0 Å². The van der Waals surface area contributed by atoms with E-state index >= 15 is 0 Å². The summed E-state index contributed by atoms with van der Waals surface area (Å²) in [5.74, 6) is 0.662. The van der Waals surface area contributed by atoms with Gasteiger partial charge in [-0.2, -0.15) is 0 Å². The SMILES string of the molecule is CCC(CC)CN(CC)C(=O)C(C)Cl. The number of carbonyl (C=O) groups is 1. The molecule has 0 aliphatic rings. The maximum atomic E-state index is 11.6. The second-order valence-electron chi connectivity index (χ2n) is 3.68. The Labute approximate surface area is 92.6 Å². The van der Waals surface area contributed by atoms with Gasteiger partial charge in [-0.15, -0.1) is 11.6 Å². The molecule has 0 aromatic heterocycles. The molecule has 0 saturated heterocycles. The fourth-order valence-corrected chi connectivity index (χ4v) is 1.62. The molecule has 0 heterocycles. The van der Waals surface area contributed by atoms with Crippen LogP contribution in [0.25, 0.3) is 0 Å². The summed E-state index contributed by atoms with van der Waals surface area (Å²) in [5.41, 5.74) is 0. The van der Waals surface area contributed by atoms with Crippen molar-refractivity contribution in [1.29, 1.82) is 0 Å². The Bertz CT molecular complexity index is 167. The van der Waals surface area contributed by atoms with E-state index in [-0.39, 0.29) is 5.91 Å². The number of rotatable bonds is 6. The van der Waals surface area contributed by atoms with Crippen molar-refractivity contribution in [2.45, 2.75) is 45.9 Å². The summed E-state index contributed by atoms with van der Waals surface area (Å²) < 4.78 is 0. The third kappa shape index (κ3) is 4.32. The van der Waals surface area contributed by atoms with Crippen LogP contribution in [0.4, 0.5) is 0 Å². The number of hydrogen-bond donors (Lipinski definition) is 0. The summed E-state index contributed by atoms with van der Waals surface area (Å²) >= 11 is 5.78. The Kier molecular flexibility index (Phi) is 6.98. The standard InChI is InChI=1S/C11H22ClNO/c1-5-10(6-2)8-13(7-3)11(14)9(4)12/h9-10H,5-8H2,1-4H3. The fourth-order valence-electron chi connectivity index (χ4n) is 1.49. The fraction of sp³-hybridized carbons (Fsp3) is 0.909. The van der Waals surface area contributed by atoms with E-state index in [4.69, 9.17) is 11.6 Å². The highest BCUT2D eigenvalue weighted by molar-refractivity contribution is 6.30. The van der Waals surface area contributed by atoms with Gasteiger partial charge in [-0.05, 0) is 19.8 Å². The van der Waals surface area contributed by atoms with Crippen molar-refractivity contribution in [2.75, 3.05) is 13.1 Å². The van der Waals surface area contributed by atoms with E-state index in [1.54, 1.807) is 6.92 Å². The molecule has 0 aromatic rings. The Morgan fingerprint density at radius 2 is 1.79 bits per heavy atom. The van der Waals surface area contributed by atoms with Gasteiger partial charge in [-0.25, -0.2) is 0 Å². The van der Waals surface area contributed by atoms with Crippen molar-refractivity contribution >= 4 is 17.5 Å². The van der Waals surface area contributed by atoms with Crippen molar-refractivity contribution in [3.8, 4) is 0 Å². The summed E-state index contributed by atoms with van der Waals surface area (Å²) in [6.45, 7) is 9.66. The van der Waals surface area contributed by atoms with Crippen molar-refractivity contribution in [1.82, 2.24) is 4.90 Å². The van der Waals surface area contributed by atoms with Gasteiger partial charge >= 0.3 is 0 Å². The van der Waals surface area contributed by atoms with Crippen LogP contribution in [0.1, 0.15) is 40.5 Å². The Balaban J connectivity index is 4.20. The van der Waals surface area contributed by atoms with Gasteiger partial charge in [0.1, 0.15) is 5.38 Å². The average molecular weight is 220 g/mol. The van der Waals surface area contributed by atoms with E-state index in [2.05, 4.69) is 13.8 Å². The molecule has 0 fully saturated rings. The van der Waals surface area contributed by atoms with Crippen LogP contribution < -0.4 is 0 Å². The first-order chi connectivity index (χ1) is 6.56. The van der Waals surface area contributed by atoms with Gasteiger partial charge in [0.05, 0.1) is 0 Å². The lowest BCUT2D eigenvalue weighted by Gasteiger charge is -2.26. The molecule has 0 bridgehead atoms. The summed E-state index contributed by atoms with van der Waals surface area (Å²) in [6.07, 6.45) is 2.24. The predicted octanol–water partition coefficient (Wildman–Crippen LogP) is 2.90. The molecule has 1 atom stereocenters. The molecular formula is C11H22ClNO. The number of halogens is 1. The van der Waals surface area contributed by atoms with E-state index in [9.17, 15) is 4.79 Å². The first kappa shape index (κ1) is 13.8. The molecule has 0 rings (SSSR count).